The summed E-state index contributed by atoms with van der Waals surface area (Å²) >= 11 is 0. The Morgan fingerprint density at radius 3 is 2.40 bits per heavy atom. The van der Waals surface area contributed by atoms with Crippen molar-refractivity contribution in [3.63, 3.8) is 0 Å². The molecule has 2 bridgehead atoms. The van der Waals surface area contributed by atoms with Crippen LogP contribution >= 0.6 is 0 Å². The minimum Gasteiger partial charge on any atom is -0.448 e. The number of rotatable bonds is 4. The van der Waals surface area contributed by atoms with Crippen LogP contribution in [0.25, 0.3) is 16.7 Å². The maximum Gasteiger partial charge on any atom is 0.410 e. The quantitative estimate of drug-likeness (QED) is 0.445. The molecule has 0 N–H and O–H groups in total. The van der Waals surface area contributed by atoms with E-state index in [9.17, 15) is 9.18 Å². The summed E-state index contributed by atoms with van der Waals surface area (Å²) in [6.45, 7) is 0.310. The lowest BCUT2D eigenvalue weighted by Crippen LogP contribution is -2.43. The molecule has 0 saturated carbocycles. The first-order valence-electron chi connectivity index (χ1n) is 12.1. The number of carbonyl (C=O) groups excluding carboxylic acids is 1. The van der Waals surface area contributed by atoms with Crippen molar-refractivity contribution in [1.82, 2.24) is 4.90 Å². The third-order valence-corrected chi connectivity index (χ3v) is 7.64. The second kappa shape index (κ2) is 8.70. The number of nitrogens with zero attached hydrogens (tertiary/aromatic N) is 2. The summed E-state index contributed by atoms with van der Waals surface area (Å²) in [4.78, 5) is 15.1. The van der Waals surface area contributed by atoms with Gasteiger partial charge in [0.2, 0.25) is 0 Å². The van der Waals surface area contributed by atoms with Crippen LogP contribution in [0.2, 0.25) is 0 Å². The van der Waals surface area contributed by atoms with Crippen LogP contribution in [0.4, 0.5) is 9.18 Å². The highest BCUT2D eigenvalue weighted by molar-refractivity contribution is 5.79. The van der Waals surface area contributed by atoms with Gasteiger partial charge in [-0.3, -0.25) is 4.90 Å². The van der Waals surface area contributed by atoms with E-state index in [1.54, 1.807) is 6.07 Å². The Hall–Kier alpha value is -3.91. The van der Waals surface area contributed by atoms with Crippen LogP contribution in [0.1, 0.15) is 47.4 Å². The number of halogens is 1. The van der Waals surface area contributed by atoms with Crippen molar-refractivity contribution in [3.8, 4) is 17.2 Å². The van der Waals surface area contributed by atoms with Gasteiger partial charge in [0.1, 0.15) is 12.4 Å². The van der Waals surface area contributed by atoms with Crippen LogP contribution in [0.15, 0.2) is 72.8 Å². The topological polar surface area (TPSA) is 53.3 Å². The normalized spacial score (nSPS) is 20.1. The smallest absolute Gasteiger partial charge is 0.410 e. The molecular formula is C30H25FN2O2. The van der Waals surface area contributed by atoms with E-state index < -0.39 is 0 Å². The predicted molar refractivity (Wildman–Crippen MR) is 132 cm³/mol. The van der Waals surface area contributed by atoms with Crippen LogP contribution in [0.3, 0.4) is 0 Å². The zero-order valence-electron chi connectivity index (χ0n) is 19.3. The molecule has 2 heterocycles. The molecule has 0 radical (unpaired) electrons. The second-order valence-corrected chi connectivity index (χ2v) is 9.55. The molecule has 6 rings (SSSR count). The van der Waals surface area contributed by atoms with Gasteiger partial charge < -0.3 is 4.74 Å². The molecule has 3 aromatic rings. The molecule has 1 saturated heterocycles. The average Bonchev–Trinajstić information content (AvgIpc) is 3.34. The largest absolute Gasteiger partial charge is 0.448 e. The molecule has 0 aromatic heterocycles. The zero-order valence-corrected chi connectivity index (χ0v) is 19.3. The van der Waals surface area contributed by atoms with E-state index in [0.29, 0.717) is 18.6 Å². The first kappa shape index (κ1) is 21.6. The molecular weight excluding hydrogens is 439 g/mol. The van der Waals surface area contributed by atoms with Crippen molar-refractivity contribution in [1.29, 1.82) is 5.26 Å². The minimum atomic E-state index is -0.351. The Labute approximate surface area is 204 Å². The molecule has 3 aromatic carbocycles. The highest BCUT2D eigenvalue weighted by atomic mass is 19.1. The van der Waals surface area contributed by atoms with Crippen LogP contribution < -0.4 is 0 Å². The van der Waals surface area contributed by atoms with E-state index in [2.05, 4.69) is 30.3 Å². The van der Waals surface area contributed by atoms with Crippen LogP contribution in [-0.4, -0.2) is 29.7 Å². The van der Waals surface area contributed by atoms with Crippen molar-refractivity contribution < 1.29 is 13.9 Å². The lowest BCUT2D eigenvalue weighted by Gasteiger charge is -2.33. The molecule has 174 valence electrons. The molecule has 35 heavy (non-hydrogen) atoms. The maximum atomic E-state index is 14.4. The molecule has 2 atom stereocenters. The minimum absolute atomic E-state index is 0.0368. The number of hydrogen-bond acceptors (Lipinski definition) is 3. The summed E-state index contributed by atoms with van der Waals surface area (Å²) in [5.41, 5.74) is 7.12. The molecule has 2 aliphatic heterocycles. The van der Waals surface area contributed by atoms with Gasteiger partial charge in [0.15, 0.2) is 0 Å². The van der Waals surface area contributed by atoms with Crippen LogP contribution in [-0.2, 0) is 11.2 Å². The summed E-state index contributed by atoms with van der Waals surface area (Å²) in [5, 5.41) is 8.85. The fraction of sp³-hybridized carbons (Fsp3) is 0.267. The lowest BCUT2D eigenvalue weighted by molar-refractivity contribution is 0.0866. The summed E-state index contributed by atoms with van der Waals surface area (Å²) < 4.78 is 20.3. The molecule has 4 nitrogen and oxygen atoms in total. The van der Waals surface area contributed by atoms with Crippen molar-refractivity contribution in [3.05, 3.63) is 101 Å². The van der Waals surface area contributed by atoms with Crippen molar-refractivity contribution in [2.75, 3.05) is 6.61 Å². The molecule has 3 aliphatic rings. The molecule has 2 unspecified atom stereocenters. The Morgan fingerprint density at radius 1 is 1.03 bits per heavy atom. The molecule has 0 spiro atoms. The highest BCUT2D eigenvalue weighted by Gasteiger charge is 2.41. The zero-order chi connectivity index (χ0) is 23.9. The average molecular weight is 465 g/mol. The van der Waals surface area contributed by atoms with E-state index in [1.165, 1.54) is 28.3 Å². The summed E-state index contributed by atoms with van der Waals surface area (Å²) in [7, 11) is 0. The van der Waals surface area contributed by atoms with Crippen molar-refractivity contribution >= 4 is 11.7 Å². The van der Waals surface area contributed by atoms with Gasteiger partial charge in [-0.2, -0.15) is 5.26 Å². The fourth-order valence-corrected chi connectivity index (χ4v) is 5.97. The van der Waals surface area contributed by atoms with Gasteiger partial charge in [0, 0.05) is 17.5 Å². The van der Waals surface area contributed by atoms with Gasteiger partial charge in [-0.1, -0.05) is 66.7 Å². The molecule has 5 heteroatoms. The lowest BCUT2D eigenvalue weighted by atomic mass is 9.94. The van der Waals surface area contributed by atoms with Gasteiger partial charge in [-0.05, 0) is 58.7 Å². The van der Waals surface area contributed by atoms with E-state index in [-0.39, 0.29) is 36.3 Å². The Bertz CT molecular complexity index is 1340. The summed E-state index contributed by atoms with van der Waals surface area (Å²) in [6, 6.07) is 23.7. The predicted octanol–water partition coefficient (Wildman–Crippen LogP) is 6.46. The third kappa shape index (κ3) is 3.70. The number of ether oxygens (including phenoxy) is 1. The van der Waals surface area contributed by atoms with Crippen LogP contribution in [0.5, 0.6) is 0 Å². The van der Waals surface area contributed by atoms with Gasteiger partial charge in [0.25, 0.3) is 0 Å². The number of fused-ring (bicyclic) bond motifs is 5. The highest BCUT2D eigenvalue weighted by Crippen LogP contribution is 2.45. The van der Waals surface area contributed by atoms with E-state index >= 15 is 0 Å². The number of benzene rings is 3. The summed E-state index contributed by atoms with van der Waals surface area (Å²) in [5.74, 6) is -0.314. The fourth-order valence-electron chi connectivity index (χ4n) is 5.97. The Balaban J connectivity index is 1.18. The molecule has 1 fully saturated rings. The van der Waals surface area contributed by atoms with Crippen LogP contribution in [0, 0.1) is 17.1 Å². The number of amides is 1. The second-order valence-electron chi connectivity index (χ2n) is 9.55. The van der Waals surface area contributed by atoms with E-state index in [0.717, 1.165) is 24.0 Å². The van der Waals surface area contributed by atoms with Crippen molar-refractivity contribution in [2.24, 2.45) is 0 Å². The third-order valence-electron chi connectivity index (χ3n) is 7.64. The first-order valence-corrected chi connectivity index (χ1v) is 12.1. The number of hydrogen-bond donors (Lipinski definition) is 0. The number of carbonyl (C=O) groups is 1. The standard InChI is InChI=1S/C30H25FN2O2/c31-29-17-20(10-9-19(29)13-14-32)21-15-22-11-12-23(16-21)33(22)30(34)35-18-28-26-7-3-1-5-24(26)25-6-2-4-8-27(25)28/h1-10,15,17,22-23,28H,11-13,16,18H2. The number of nitriles is 1. The Kier molecular flexibility index (Phi) is 5.37. The van der Waals surface area contributed by atoms with Gasteiger partial charge in [-0.15, -0.1) is 0 Å². The maximum absolute atomic E-state index is 14.4. The SMILES string of the molecule is N#CCc1ccc(C2=CC3CCC(C2)N3C(=O)OCC2c3ccccc3-c3ccccc32)cc1F. The van der Waals surface area contributed by atoms with Gasteiger partial charge in [0.05, 0.1) is 18.5 Å². The van der Waals surface area contributed by atoms with E-state index in [1.807, 2.05) is 41.3 Å². The van der Waals surface area contributed by atoms with Crippen molar-refractivity contribution in [2.45, 2.75) is 43.7 Å². The monoisotopic (exact) mass is 464 g/mol. The molecule has 1 amide bonds. The molecule has 1 aliphatic carbocycles. The van der Waals surface area contributed by atoms with E-state index in [4.69, 9.17) is 10.00 Å². The Morgan fingerprint density at radius 2 is 1.74 bits per heavy atom. The summed E-state index contributed by atoms with van der Waals surface area (Å²) in [6.07, 6.45) is 4.34. The van der Waals surface area contributed by atoms with Gasteiger partial charge in [-0.25, -0.2) is 9.18 Å². The van der Waals surface area contributed by atoms with Gasteiger partial charge >= 0.3 is 6.09 Å². The first-order chi connectivity index (χ1) is 17.1.